The van der Waals surface area contributed by atoms with Crippen LogP contribution in [0, 0.1) is 5.82 Å². The Morgan fingerprint density at radius 2 is 2.06 bits per heavy atom. The first-order chi connectivity index (χ1) is 15.5. The Kier molecular flexibility index (Phi) is 5.63. The Morgan fingerprint density at radius 3 is 2.91 bits per heavy atom. The van der Waals surface area contributed by atoms with Crippen molar-refractivity contribution in [2.24, 2.45) is 0 Å². The number of rotatable bonds is 8. The van der Waals surface area contributed by atoms with Crippen LogP contribution in [0.25, 0.3) is 10.9 Å². The number of carbonyl (C=O) groups is 1. The molecule has 1 aromatic carbocycles. The summed E-state index contributed by atoms with van der Waals surface area (Å²) in [4.78, 5) is 19.7. The van der Waals surface area contributed by atoms with Crippen molar-refractivity contribution in [1.82, 2.24) is 30.4 Å². The van der Waals surface area contributed by atoms with Crippen molar-refractivity contribution in [3.8, 4) is 0 Å². The number of benzene rings is 1. The summed E-state index contributed by atoms with van der Waals surface area (Å²) >= 11 is 6.12. The second kappa shape index (κ2) is 8.72. The number of pyridine rings is 1. The van der Waals surface area contributed by atoms with Crippen LogP contribution in [-0.2, 0) is 19.6 Å². The van der Waals surface area contributed by atoms with Crippen LogP contribution in [0.3, 0.4) is 0 Å². The van der Waals surface area contributed by atoms with Gasteiger partial charge in [-0.15, -0.1) is 0 Å². The molecule has 4 aromatic rings. The van der Waals surface area contributed by atoms with Crippen molar-refractivity contribution < 1.29 is 9.18 Å². The lowest BCUT2D eigenvalue weighted by Crippen LogP contribution is -2.23. The standard InChI is InChI=1S/C23H22ClFN6O/c24-20-11-28-22-5-21(25)16(4-19(20)22)10-29-23(32)17-3-14(6-26-9-17)12-31-13-15(8-30-31)7-27-18-1-2-18/h3-6,8-9,11,13,18,27-28H,1-2,7,10,12H2,(H,29,32). The number of H-pyrrole nitrogens is 1. The molecule has 1 amide bonds. The minimum atomic E-state index is -0.408. The van der Waals surface area contributed by atoms with Gasteiger partial charge >= 0.3 is 0 Å². The zero-order valence-electron chi connectivity index (χ0n) is 17.2. The molecule has 7 nitrogen and oxygen atoms in total. The Balaban J connectivity index is 1.22. The average molecular weight is 453 g/mol. The molecule has 0 aliphatic heterocycles. The van der Waals surface area contributed by atoms with Crippen molar-refractivity contribution in [3.05, 3.63) is 82.3 Å². The molecule has 0 bridgehead atoms. The first kappa shape index (κ1) is 20.7. The van der Waals surface area contributed by atoms with Gasteiger partial charge in [0.15, 0.2) is 0 Å². The third-order valence-electron chi connectivity index (χ3n) is 5.50. The highest BCUT2D eigenvalue weighted by Crippen LogP contribution is 2.25. The second-order valence-electron chi connectivity index (χ2n) is 8.09. The molecule has 1 saturated carbocycles. The van der Waals surface area contributed by atoms with Gasteiger partial charge < -0.3 is 15.6 Å². The van der Waals surface area contributed by atoms with E-state index in [1.54, 1.807) is 24.5 Å². The summed E-state index contributed by atoms with van der Waals surface area (Å²) in [5.74, 6) is -0.734. The molecular formula is C23H22ClFN6O. The van der Waals surface area contributed by atoms with E-state index in [1.165, 1.54) is 25.1 Å². The molecule has 0 saturated heterocycles. The van der Waals surface area contributed by atoms with Crippen LogP contribution < -0.4 is 10.6 Å². The third kappa shape index (κ3) is 4.66. The van der Waals surface area contributed by atoms with E-state index in [4.69, 9.17) is 11.6 Å². The van der Waals surface area contributed by atoms with E-state index in [0.717, 1.165) is 17.7 Å². The number of aromatic nitrogens is 4. The molecule has 1 aliphatic carbocycles. The zero-order chi connectivity index (χ0) is 22.1. The number of halogens is 2. The molecule has 32 heavy (non-hydrogen) atoms. The van der Waals surface area contributed by atoms with Crippen molar-refractivity contribution in [1.29, 1.82) is 0 Å². The van der Waals surface area contributed by atoms with Gasteiger partial charge in [0.05, 0.1) is 23.3 Å². The van der Waals surface area contributed by atoms with Gasteiger partial charge in [-0.25, -0.2) is 4.39 Å². The fourth-order valence-corrected chi connectivity index (χ4v) is 3.80. The molecular weight excluding hydrogens is 431 g/mol. The molecule has 3 N–H and O–H groups in total. The molecule has 9 heteroatoms. The maximum absolute atomic E-state index is 14.4. The highest BCUT2D eigenvalue weighted by molar-refractivity contribution is 6.35. The van der Waals surface area contributed by atoms with Gasteiger partial charge in [-0.1, -0.05) is 11.6 Å². The monoisotopic (exact) mass is 452 g/mol. The Bertz CT molecular complexity index is 1280. The fourth-order valence-electron chi connectivity index (χ4n) is 3.59. The van der Waals surface area contributed by atoms with E-state index < -0.39 is 5.82 Å². The predicted octanol–water partition coefficient (Wildman–Crippen LogP) is 3.78. The van der Waals surface area contributed by atoms with E-state index in [0.29, 0.717) is 39.6 Å². The Hall–Kier alpha value is -3.23. The topological polar surface area (TPSA) is 87.6 Å². The number of hydrogen-bond acceptors (Lipinski definition) is 4. The van der Waals surface area contributed by atoms with E-state index in [2.05, 4.69) is 25.7 Å². The van der Waals surface area contributed by atoms with Crippen LogP contribution in [0.5, 0.6) is 0 Å². The van der Waals surface area contributed by atoms with Gasteiger partial charge in [0.1, 0.15) is 5.82 Å². The number of fused-ring (bicyclic) bond motifs is 1. The number of nitrogens with one attached hydrogen (secondary N) is 3. The minimum absolute atomic E-state index is 0.0445. The van der Waals surface area contributed by atoms with Crippen LogP contribution in [0.15, 0.2) is 49.2 Å². The lowest BCUT2D eigenvalue weighted by atomic mass is 10.1. The van der Waals surface area contributed by atoms with Crippen LogP contribution in [0.2, 0.25) is 5.02 Å². The Labute approximate surface area is 189 Å². The molecule has 164 valence electrons. The van der Waals surface area contributed by atoms with E-state index >= 15 is 0 Å². The summed E-state index contributed by atoms with van der Waals surface area (Å²) in [6.45, 7) is 1.36. The van der Waals surface area contributed by atoms with Crippen molar-refractivity contribution in [2.75, 3.05) is 0 Å². The quantitative estimate of drug-likeness (QED) is 0.379. The number of amides is 1. The SMILES string of the molecule is O=C(NCc1cc2c(Cl)c[nH]c2cc1F)c1cncc(Cn2cc(CNC3CC3)cn2)c1. The number of aromatic amines is 1. The molecule has 0 atom stereocenters. The molecule has 1 aliphatic rings. The Morgan fingerprint density at radius 1 is 1.19 bits per heavy atom. The van der Waals surface area contributed by atoms with E-state index in [-0.39, 0.29) is 12.5 Å². The molecule has 0 unspecified atom stereocenters. The zero-order valence-corrected chi connectivity index (χ0v) is 18.0. The summed E-state index contributed by atoms with van der Waals surface area (Å²) in [5.41, 5.74) is 3.37. The van der Waals surface area contributed by atoms with Gasteiger partial charge in [0, 0.05) is 65.9 Å². The van der Waals surface area contributed by atoms with E-state index in [1.807, 2.05) is 17.1 Å². The number of hydrogen-bond donors (Lipinski definition) is 3. The third-order valence-corrected chi connectivity index (χ3v) is 5.81. The molecule has 5 rings (SSSR count). The maximum atomic E-state index is 14.4. The van der Waals surface area contributed by atoms with Gasteiger partial charge in [-0.05, 0) is 36.6 Å². The number of carbonyl (C=O) groups excluding carboxylic acids is 1. The summed E-state index contributed by atoms with van der Waals surface area (Å²) in [7, 11) is 0. The van der Waals surface area contributed by atoms with Crippen molar-refractivity contribution in [3.63, 3.8) is 0 Å². The van der Waals surface area contributed by atoms with Crippen LogP contribution in [0.1, 0.15) is 39.9 Å². The molecule has 1 fully saturated rings. The molecule has 0 spiro atoms. The van der Waals surface area contributed by atoms with Gasteiger partial charge in [-0.3, -0.25) is 14.5 Å². The van der Waals surface area contributed by atoms with E-state index in [9.17, 15) is 9.18 Å². The highest BCUT2D eigenvalue weighted by Gasteiger charge is 2.20. The van der Waals surface area contributed by atoms with Crippen LogP contribution in [0.4, 0.5) is 4.39 Å². The number of nitrogens with zero attached hydrogens (tertiary/aromatic N) is 3. The minimum Gasteiger partial charge on any atom is -0.360 e. The normalized spacial score (nSPS) is 13.6. The second-order valence-corrected chi connectivity index (χ2v) is 8.50. The molecule has 0 radical (unpaired) electrons. The van der Waals surface area contributed by atoms with Gasteiger partial charge in [-0.2, -0.15) is 5.10 Å². The lowest BCUT2D eigenvalue weighted by molar-refractivity contribution is 0.0950. The maximum Gasteiger partial charge on any atom is 0.253 e. The summed E-state index contributed by atoms with van der Waals surface area (Å²) in [6.07, 6.45) is 11.1. The summed E-state index contributed by atoms with van der Waals surface area (Å²) in [6, 6.07) is 5.44. The molecule has 3 heterocycles. The van der Waals surface area contributed by atoms with Crippen LogP contribution >= 0.6 is 11.6 Å². The first-order valence-corrected chi connectivity index (χ1v) is 10.8. The van der Waals surface area contributed by atoms with Crippen molar-refractivity contribution >= 4 is 28.4 Å². The fraction of sp³-hybridized carbons (Fsp3) is 0.261. The van der Waals surface area contributed by atoms with Crippen LogP contribution in [-0.4, -0.2) is 31.7 Å². The summed E-state index contributed by atoms with van der Waals surface area (Å²) < 4.78 is 16.2. The summed E-state index contributed by atoms with van der Waals surface area (Å²) in [5, 5.41) is 11.8. The lowest BCUT2D eigenvalue weighted by Gasteiger charge is -2.08. The molecule has 3 aromatic heterocycles. The van der Waals surface area contributed by atoms with Crippen molar-refractivity contribution in [2.45, 2.75) is 38.5 Å². The van der Waals surface area contributed by atoms with Gasteiger partial charge in [0.2, 0.25) is 0 Å². The average Bonchev–Trinajstić information content (AvgIpc) is 3.42. The predicted molar refractivity (Wildman–Crippen MR) is 120 cm³/mol. The highest BCUT2D eigenvalue weighted by atomic mass is 35.5. The first-order valence-electron chi connectivity index (χ1n) is 10.5. The largest absolute Gasteiger partial charge is 0.360 e. The smallest absolute Gasteiger partial charge is 0.253 e. The van der Waals surface area contributed by atoms with Gasteiger partial charge in [0.25, 0.3) is 5.91 Å².